The summed E-state index contributed by atoms with van der Waals surface area (Å²) in [4.78, 5) is 13.9. The van der Waals surface area contributed by atoms with E-state index in [1.54, 1.807) is 4.90 Å². The molecule has 0 radical (unpaired) electrons. The van der Waals surface area contributed by atoms with E-state index >= 15 is 0 Å². The number of aliphatic hydroxyl groups is 1. The number of nitrogens with zero attached hydrogens (tertiary/aromatic N) is 1. The molecule has 0 aliphatic rings. The zero-order valence-corrected chi connectivity index (χ0v) is 22.1. The lowest BCUT2D eigenvalue weighted by Crippen LogP contribution is -2.30. The molecule has 1 amide bonds. The zero-order chi connectivity index (χ0) is 25.0. The number of hydrogen-bond donors (Lipinski definition) is 1. The number of carbonyl (C=O) groups excluding carboxylic acids is 1. The Hall–Kier alpha value is -0.770. The van der Waals surface area contributed by atoms with Gasteiger partial charge in [-0.2, -0.15) is 0 Å². The predicted octanol–water partition coefficient (Wildman–Crippen LogP) is 3.83. The molecule has 1 N–H and O–H groups in total. The Kier molecular flexibility index (Phi) is 27.8. The minimum Gasteiger partial charge on any atom is -0.394 e. The third kappa shape index (κ3) is 25.8. The Balaban J connectivity index is 3.27. The van der Waals surface area contributed by atoms with Crippen molar-refractivity contribution in [2.24, 2.45) is 0 Å². The van der Waals surface area contributed by atoms with Gasteiger partial charge in [0, 0.05) is 20.0 Å². The number of carbonyl (C=O) groups is 1. The standard InChI is InChI=1S/C26H53NO7/c1-3-4-5-6-7-8-9-10-11-12-13-26(29)27(2)14-16-30-18-20-32-22-24-34-25-23-33-21-19-31-17-15-28/h28H,3-25H2,1-2H3. The fourth-order valence-corrected chi connectivity index (χ4v) is 3.33. The second kappa shape index (κ2) is 28.5. The maximum atomic E-state index is 12.2. The molecule has 0 aliphatic heterocycles. The van der Waals surface area contributed by atoms with Crippen molar-refractivity contribution in [3.63, 3.8) is 0 Å². The second-order valence-corrected chi connectivity index (χ2v) is 8.53. The fraction of sp³-hybridized carbons (Fsp3) is 0.962. The van der Waals surface area contributed by atoms with Crippen LogP contribution in [0.4, 0.5) is 0 Å². The van der Waals surface area contributed by atoms with Gasteiger partial charge >= 0.3 is 0 Å². The van der Waals surface area contributed by atoms with Crippen LogP contribution in [-0.2, 0) is 28.5 Å². The van der Waals surface area contributed by atoms with Crippen LogP contribution in [0, 0.1) is 0 Å². The van der Waals surface area contributed by atoms with Crippen molar-refractivity contribution >= 4 is 5.91 Å². The summed E-state index contributed by atoms with van der Waals surface area (Å²) in [6, 6.07) is 0. The third-order valence-electron chi connectivity index (χ3n) is 5.46. The zero-order valence-electron chi connectivity index (χ0n) is 22.1. The molecule has 0 aromatic rings. The highest BCUT2D eigenvalue weighted by Gasteiger charge is 2.07. The normalized spacial score (nSPS) is 11.3. The van der Waals surface area contributed by atoms with Gasteiger partial charge in [0.1, 0.15) is 0 Å². The van der Waals surface area contributed by atoms with Crippen LogP contribution in [0.2, 0.25) is 0 Å². The number of aliphatic hydroxyl groups excluding tert-OH is 1. The van der Waals surface area contributed by atoms with Crippen LogP contribution >= 0.6 is 0 Å². The molecule has 204 valence electrons. The molecular weight excluding hydrogens is 438 g/mol. The lowest BCUT2D eigenvalue weighted by atomic mass is 10.1. The van der Waals surface area contributed by atoms with E-state index in [1.165, 1.54) is 51.4 Å². The molecule has 0 heterocycles. The number of amides is 1. The summed E-state index contributed by atoms with van der Waals surface area (Å²) < 4.78 is 26.8. The summed E-state index contributed by atoms with van der Waals surface area (Å²) in [6.07, 6.45) is 13.5. The fourth-order valence-electron chi connectivity index (χ4n) is 3.33. The topological polar surface area (TPSA) is 86.7 Å². The summed E-state index contributed by atoms with van der Waals surface area (Å²) in [7, 11) is 1.85. The summed E-state index contributed by atoms with van der Waals surface area (Å²) in [6.45, 7) is 7.82. The molecule has 0 rings (SSSR count). The van der Waals surface area contributed by atoms with Crippen molar-refractivity contribution in [1.82, 2.24) is 4.90 Å². The van der Waals surface area contributed by atoms with Crippen LogP contribution < -0.4 is 0 Å². The molecule has 0 bridgehead atoms. The first-order valence-electron chi connectivity index (χ1n) is 13.5. The van der Waals surface area contributed by atoms with Crippen LogP contribution in [0.25, 0.3) is 0 Å². The molecular formula is C26H53NO7. The van der Waals surface area contributed by atoms with Gasteiger partial charge in [-0.1, -0.05) is 64.7 Å². The number of rotatable bonds is 28. The average molecular weight is 492 g/mol. The number of unbranched alkanes of at least 4 members (excludes halogenated alkanes) is 9. The van der Waals surface area contributed by atoms with Gasteiger partial charge < -0.3 is 33.7 Å². The largest absolute Gasteiger partial charge is 0.394 e. The quantitative estimate of drug-likeness (QED) is 0.166. The minimum absolute atomic E-state index is 0.0321. The Morgan fingerprint density at radius 2 is 0.971 bits per heavy atom. The SMILES string of the molecule is CCCCCCCCCCCCC(=O)N(C)CCOCCOCCOCCOCCOCCO. The van der Waals surface area contributed by atoms with Crippen molar-refractivity contribution < 1.29 is 33.6 Å². The van der Waals surface area contributed by atoms with Crippen LogP contribution in [0.5, 0.6) is 0 Å². The van der Waals surface area contributed by atoms with Crippen molar-refractivity contribution in [3.8, 4) is 0 Å². The number of likely N-dealkylation sites (N-methyl/N-ethyl adjacent to an activating group) is 1. The lowest BCUT2D eigenvalue weighted by molar-refractivity contribution is -0.130. The molecule has 8 heteroatoms. The Morgan fingerprint density at radius 3 is 1.41 bits per heavy atom. The van der Waals surface area contributed by atoms with E-state index < -0.39 is 0 Å². The molecule has 0 unspecified atom stereocenters. The molecule has 0 atom stereocenters. The maximum absolute atomic E-state index is 12.2. The van der Waals surface area contributed by atoms with Crippen LogP contribution in [0.15, 0.2) is 0 Å². The lowest BCUT2D eigenvalue weighted by Gasteiger charge is -2.17. The molecule has 0 aromatic carbocycles. The van der Waals surface area contributed by atoms with Gasteiger partial charge in [-0.15, -0.1) is 0 Å². The molecule has 0 fully saturated rings. The highest BCUT2D eigenvalue weighted by atomic mass is 16.6. The average Bonchev–Trinajstić information content (AvgIpc) is 2.84. The summed E-state index contributed by atoms with van der Waals surface area (Å²) in [5.74, 6) is 0.207. The molecule has 0 aliphatic carbocycles. The first kappa shape index (κ1) is 33.2. The van der Waals surface area contributed by atoms with Gasteiger partial charge in [-0.05, 0) is 6.42 Å². The molecule has 0 saturated carbocycles. The Morgan fingerprint density at radius 1 is 0.588 bits per heavy atom. The second-order valence-electron chi connectivity index (χ2n) is 8.53. The van der Waals surface area contributed by atoms with Crippen molar-refractivity contribution in [2.75, 3.05) is 86.3 Å². The summed E-state index contributed by atoms with van der Waals surface area (Å²) in [5, 5.41) is 8.56. The maximum Gasteiger partial charge on any atom is 0.222 e. The first-order valence-corrected chi connectivity index (χ1v) is 13.5. The highest BCUT2D eigenvalue weighted by molar-refractivity contribution is 5.75. The smallest absolute Gasteiger partial charge is 0.222 e. The number of hydrogen-bond acceptors (Lipinski definition) is 7. The van der Waals surface area contributed by atoms with Gasteiger partial charge in [0.2, 0.25) is 5.91 Å². The first-order chi connectivity index (χ1) is 16.7. The monoisotopic (exact) mass is 491 g/mol. The molecule has 34 heavy (non-hydrogen) atoms. The molecule has 0 spiro atoms. The van der Waals surface area contributed by atoms with Gasteiger partial charge in [0.25, 0.3) is 0 Å². The van der Waals surface area contributed by atoms with E-state index in [9.17, 15) is 4.79 Å². The van der Waals surface area contributed by atoms with Gasteiger partial charge in [0.15, 0.2) is 0 Å². The number of ether oxygens (including phenoxy) is 5. The van der Waals surface area contributed by atoms with E-state index in [-0.39, 0.29) is 12.5 Å². The summed E-state index contributed by atoms with van der Waals surface area (Å²) >= 11 is 0. The summed E-state index contributed by atoms with van der Waals surface area (Å²) in [5.41, 5.74) is 0. The molecule has 0 saturated heterocycles. The van der Waals surface area contributed by atoms with Crippen LogP contribution in [-0.4, -0.2) is 102 Å². The van der Waals surface area contributed by atoms with Crippen LogP contribution in [0.1, 0.15) is 77.6 Å². The van der Waals surface area contributed by atoms with Crippen molar-refractivity contribution in [1.29, 1.82) is 0 Å². The van der Waals surface area contributed by atoms with Crippen molar-refractivity contribution in [2.45, 2.75) is 77.6 Å². The highest BCUT2D eigenvalue weighted by Crippen LogP contribution is 2.11. The Labute approximate surface area is 208 Å². The van der Waals surface area contributed by atoms with Gasteiger partial charge in [0.05, 0.1) is 72.7 Å². The Bertz CT molecular complexity index is 413. The van der Waals surface area contributed by atoms with Gasteiger partial charge in [-0.25, -0.2) is 0 Å². The van der Waals surface area contributed by atoms with Crippen molar-refractivity contribution in [3.05, 3.63) is 0 Å². The predicted molar refractivity (Wildman–Crippen MR) is 135 cm³/mol. The van der Waals surface area contributed by atoms with Crippen LogP contribution in [0.3, 0.4) is 0 Å². The van der Waals surface area contributed by atoms with E-state index in [2.05, 4.69) is 6.92 Å². The third-order valence-corrected chi connectivity index (χ3v) is 5.46. The molecule has 8 nitrogen and oxygen atoms in total. The minimum atomic E-state index is 0.0321. The van der Waals surface area contributed by atoms with Gasteiger partial charge in [-0.3, -0.25) is 4.79 Å². The van der Waals surface area contributed by atoms with E-state index in [1.807, 2.05) is 7.05 Å². The van der Waals surface area contributed by atoms with E-state index in [4.69, 9.17) is 28.8 Å². The molecule has 0 aromatic heterocycles. The van der Waals surface area contributed by atoms with E-state index in [0.29, 0.717) is 79.0 Å². The van der Waals surface area contributed by atoms with E-state index in [0.717, 1.165) is 12.8 Å².